The first-order valence-electron chi connectivity index (χ1n) is 9.71. The van der Waals surface area contributed by atoms with Gasteiger partial charge in [-0.1, -0.05) is 30.3 Å². The van der Waals surface area contributed by atoms with Crippen molar-refractivity contribution in [2.75, 3.05) is 19.7 Å². The van der Waals surface area contributed by atoms with E-state index in [2.05, 4.69) is 17.0 Å². The van der Waals surface area contributed by atoms with Gasteiger partial charge < -0.3 is 9.84 Å². The molecule has 2 aromatic carbocycles. The van der Waals surface area contributed by atoms with Crippen LogP contribution in [0.2, 0.25) is 0 Å². The molecule has 1 fully saturated rings. The highest BCUT2D eigenvalue weighted by Crippen LogP contribution is 2.40. The lowest BCUT2D eigenvalue weighted by atomic mass is 9.94. The summed E-state index contributed by atoms with van der Waals surface area (Å²) in [6.07, 6.45) is 1.32. The number of hydrogen-bond donors (Lipinski definition) is 1. The van der Waals surface area contributed by atoms with E-state index in [0.717, 1.165) is 39.6 Å². The van der Waals surface area contributed by atoms with Gasteiger partial charge in [-0.3, -0.25) is 9.69 Å². The monoisotopic (exact) mass is 396 g/mol. The third-order valence-corrected chi connectivity index (χ3v) is 6.39. The van der Waals surface area contributed by atoms with Gasteiger partial charge in [0.05, 0.1) is 28.8 Å². The maximum atomic E-state index is 11.4. The summed E-state index contributed by atoms with van der Waals surface area (Å²) in [6.45, 7) is 4.06. The fourth-order valence-electron chi connectivity index (χ4n) is 3.89. The SMILES string of the molecule is CCOc1ccccc1C(c1nc2ccccc2s1)N1CCC(C(=O)O)CC1. The summed E-state index contributed by atoms with van der Waals surface area (Å²) >= 11 is 1.70. The highest BCUT2D eigenvalue weighted by atomic mass is 32.1. The minimum atomic E-state index is -0.689. The number of piperidine rings is 1. The van der Waals surface area contributed by atoms with Gasteiger partial charge in [0, 0.05) is 5.56 Å². The van der Waals surface area contributed by atoms with Gasteiger partial charge in [-0.25, -0.2) is 4.98 Å². The fraction of sp³-hybridized carbons (Fsp3) is 0.364. The molecular formula is C22H24N2O3S. The van der Waals surface area contributed by atoms with Crippen molar-refractivity contribution >= 4 is 27.5 Å². The van der Waals surface area contributed by atoms with Crippen LogP contribution >= 0.6 is 11.3 Å². The van der Waals surface area contributed by atoms with E-state index < -0.39 is 5.97 Å². The Morgan fingerprint density at radius 2 is 1.93 bits per heavy atom. The number of carboxylic acids is 1. The molecule has 0 saturated carbocycles. The van der Waals surface area contributed by atoms with Crippen LogP contribution in [-0.2, 0) is 4.79 Å². The number of thiazole rings is 1. The zero-order valence-electron chi connectivity index (χ0n) is 15.9. The van der Waals surface area contributed by atoms with E-state index in [9.17, 15) is 9.90 Å². The van der Waals surface area contributed by atoms with Crippen LogP contribution in [0.5, 0.6) is 5.75 Å². The molecule has 2 heterocycles. The topological polar surface area (TPSA) is 62.7 Å². The van der Waals surface area contributed by atoms with Crippen molar-refractivity contribution in [2.24, 2.45) is 5.92 Å². The molecule has 0 spiro atoms. The summed E-state index contributed by atoms with van der Waals surface area (Å²) in [5.74, 6) is -0.0741. The zero-order chi connectivity index (χ0) is 19.5. The van der Waals surface area contributed by atoms with E-state index in [1.165, 1.54) is 0 Å². The van der Waals surface area contributed by atoms with Gasteiger partial charge >= 0.3 is 5.97 Å². The molecule has 1 N–H and O–H groups in total. The lowest BCUT2D eigenvalue weighted by molar-refractivity contribution is -0.143. The summed E-state index contributed by atoms with van der Waals surface area (Å²) in [6, 6.07) is 16.3. The summed E-state index contributed by atoms with van der Waals surface area (Å²) in [5, 5.41) is 10.4. The molecule has 3 aromatic rings. The van der Waals surface area contributed by atoms with Crippen molar-refractivity contribution in [3.63, 3.8) is 0 Å². The average molecular weight is 397 g/mol. The number of aromatic nitrogens is 1. The number of carbonyl (C=O) groups is 1. The van der Waals surface area contributed by atoms with E-state index in [4.69, 9.17) is 9.72 Å². The minimum Gasteiger partial charge on any atom is -0.494 e. The number of para-hydroxylation sites is 2. The second-order valence-electron chi connectivity index (χ2n) is 7.04. The first kappa shape index (κ1) is 18.9. The third-order valence-electron chi connectivity index (χ3n) is 5.30. The molecule has 146 valence electrons. The Morgan fingerprint density at radius 3 is 2.64 bits per heavy atom. The number of hydrogen-bond acceptors (Lipinski definition) is 5. The van der Waals surface area contributed by atoms with E-state index in [0.29, 0.717) is 19.4 Å². The number of carboxylic acid groups (broad SMARTS) is 1. The van der Waals surface area contributed by atoms with Crippen LogP contribution in [-0.4, -0.2) is 40.7 Å². The number of benzene rings is 2. The minimum absolute atomic E-state index is 0.0325. The van der Waals surface area contributed by atoms with Gasteiger partial charge in [0.15, 0.2) is 0 Å². The van der Waals surface area contributed by atoms with Crippen LogP contribution in [0.4, 0.5) is 0 Å². The van der Waals surface area contributed by atoms with Gasteiger partial charge in [0.2, 0.25) is 0 Å². The molecule has 5 nitrogen and oxygen atoms in total. The number of aliphatic carboxylic acids is 1. The van der Waals surface area contributed by atoms with Crippen LogP contribution in [0.25, 0.3) is 10.2 Å². The second kappa shape index (κ2) is 8.29. The fourth-order valence-corrected chi connectivity index (χ4v) is 5.01. The van der Waals surface area contributed by atoms with Crippen molar-refractivity contribution in [3.05, 3.63) is 59.1 Å². The molecule has 1 aliphatic rings. The van der Waals surface area contributed by atoms with Crippen molar-refractivity contribution in [2.45, 2.75) is 25.8 Å². The highest BCUT2D eigenvalue weighted by molar-refractivity contribution is 7.18. The Bertz CT molecular complexity index is 930. The lowest BCUT2D eigenvalue weighted by Gasteiger charge is -2.36. The van der Waals surface area contributed by atoms with Gasteiger partial charge in [-0.15, -0.1) is 11.3 Å². The molecule has 0 aliphatic carbocycles. The Labute approximate surface area is 168 Å². The summed E-state index contributed by atoms with van der Waals surface area (Å²) in [5.41, 5.74) is 2.10. The standard InChI is InChI=1S/C22H24N2O3S/c1-2-27-18-9-5-3-7-16(18)20(24-13-11-15(12-14-24)22(25)26)21-23-17-8-4-6-10-19(17)28-21/h3-10,15,20H,2,11-14H2,1H3,(H,25,26). The normalized spacial score (nSPS) is 16.9. The van der Waals surface area contributed by atoms with E-state index in [1.807, 2.05) is 43.3 Å². The molecular weight excluding hydrogens is 372 g/mol. The number of fused-ring (bicyclic) bond motifs is 1. The Kier molecular flexibility index (Phi) is 5.59. The quantitative estimate of drug-likeness (QED) is 0.661. The molecule has 0 radical (unpaired) electrons. The van der Waals surface area contributed by atoms with Gasteiger partial charge in [-0.05, 0) is 51.1 Å². The van der Waals surface area contributed by atoms with Crippen LogP contribution in [0.1, 0.15) is 36.4 Å². The van der Waals surface area contributed by atoms with Crippen LogP contribution in [0, 0.1) is 5.92 Å². The molecule has 28 heavy (non-hydrogen) atoms. The number of likely N-dealkylation sites (tertiary alicyclic amines) is 1. The average Bonchev–Trinajstić information content (AvgIpc) is 3.14. The number of ether oxygens (including phenoxy) is 1. The third kappa shape index (κ3) is 3.75. The Hall–Kier alpha value is -2.44. The molecule has 4 rings (SSSR count). The molecule has 1 aromatic heterocycles. The molecule has 1 saturated heterocycles. The number of nitrogens with zero attached hydrogens (tertiary/aromatic N) is 2. The maximum absolute atomic E-state index is 11.4. The van der Waals surface area contributed by atoms with Crippen molar-refractivity contribution in [3.8, 4) is 5.75 Å². The molecule has 0 bridgehead atoms. The maximum Gasteiger partial charge on any atom is 0.306 e. The molecule has 1 aliphatic heterocycles. The van der Waals surface area contributed by atoms with E-state index >= 15 is 0 Å². The van der Waals surface area contributed by atoms with Crippen molar-refractivity contribution in [1.82, 2.24) is 9.88 Å². The summed E-state index contributed by atoms with van der Waals surface area (Å²) < 4.78 is 7.08. The molecule has 1 unspecified atom stereocenters. The summed E-state index contributed by atoms with van der Waals surface area (Å²) in [4.78, 5) is 18.7. The molecule has 0 amide bonds. The number of rotatable bonds is 6. The van der Waals surface area contributed by atoms with Crippen molar-refractivity contribution in [1.29, 1.82) is 0 Å². The van der Waals surface area contributed by atoms with Crippen LogP contribution in [0.15, 0.2) is 48.5 Å². The first-order chi connectivity index (χ1) is 13.7. The van der Waals surface area contributed by atoms with Crippen LogP contribution < -0.4 is 4.74 Å². The Morgan fingerprint density at radius 1 is 1.21 bits per heavy atom. The smallest absolute Gasteiger partial charge is 0.306 e. The van der Waals surface area contributed by atoms with E-state index in [1.54, 1.807) is 11.3 Å². The predicted molar refractivity (Wildman–Crippen MR) is 111 cm³/mol. The van der Waals surface area contributed by atoms with Gasteiger partial charge in [0.25, 0.3) is 0 Å². The Balaban J connectivity index is 1.74. The molecule has 1 atom stereocenters. The molecule has 6 heteroatoms. The lowest BCUT2D eigenvalue weighted by Crippen LogP contribution is -2.39. The zero-order valence-corrected chi connectivity index (χ0v) is 16.7. The second-order valence-corrected chi connectivity index (χ2v) is 8.10. The van der Waals surface area contributed by atoms with Crippen LogP contribution in [0.3, 0.4) is 0 Å². The van der Waals surface area contributed by atoms with E-state index in [-0.39, 0.29) is 12.0 Å². The van der Waals surface area contributed by atoms with Crippen molar-refractivity contribution < 1.29 is 14.6 Å². The predicted octanol–water partition coefficient (Wildman–Crippen LogP) is 4.58. The van der Waals surface area contributed by atoms with Gasteiger partial charge in [-0.2, -0.15) is 0 Å². The highest BCUT2D eigenvalue weighted by Gasteiger charge is 2.33. The van der Waals surface area contributed by atoms with Gasteiger partial charge in [0.1, 0.15) is 10.8 Å². The summed E-state index contributed by atoms with van der Waals surface area (Å²) in [7, 11) is 0. The first-order valence-corrected chi connectivity index (χ1v) is 10.5. The largest absolute Gasteiger partial charge is 0.494 e.